The van der Waals surface area contributed by atoms with Gasteiger partial charge in [0.25, 0.3) is 11.5 Å². The van der Waals surface area contributed by atoms with Crippen LogP contribution in [0.4, 0.5) is 10.1 Å². The standard InChI is InChI=1S/C11H7ClFN3O2/c12-8-3-6(1-2-9(8)13)16-11(18)7-4-14-5-15-10(7)17/h1-5H,(H,16,18)(H,14,15,17). The van der Waals surface area contributed by atoms with Gasteiger partial charge in [-0.3, -0.25) is 9.59 Å². The van der Waals surface area contributed by atoms with Crippen molar-refractivity contribution in [3.05, 3.63) is 57.5 Å². The van der Waals surface area contributed by atoms with E-state index in [-0.39, 0.29) is 16.3 Å². The number of carbonyl (C=O) groups is 1. The summed E-state index contributed by atoms with van der Waals surface area (Å²) in [7, 11) is 0. The zero-order chi connectivity index (χ0) is 13.1. The van der Waals surface area contributed by atoms with Gasteiger partial charge in [-0.2, -0.15) is 0 Å². The highest BCUT2D eigenvalue weighted by Gasteiger charge is 2.11. The maximum Gasteiger partial charge on any atom is 0.263 e. The van der Waals surface area contributed by atoms with E-state index < -0.39 is 17.3 Å². The summed E-state index contributed by atoms with van der Waals surface area (Å²) < 4.78 is 12.9. The molecule has 0 radical (unpaired) electrons. The summed E-state index contributed by atoms with van der Waals surface area (Å²) in [6.45, 7) is 0. The molecule has 1 heterocycles. The number of rotatable bonds is 2. The topological polar surface area (TPSA) is 74.8 Å². The maximum atomic E-state index is 12.9. The highest BCUT2D eigenvalue weighted by molar-refractivity contribution is 6.31. The molecule has 2 rings (SSSR count). The number of nitrogens with zero attached hydrogens (tertiary/aromatic N) is 1. The minimum atomic E-state index is -0.646. The zero-order valence-corrected chi connectivity index (χ0v) is 9.66. The Morgan fingerprint density at radius 2 is 2.22 bits per heavy atom. The van der Waals surface area contributed by atoms with E-state index in [4.69, 9.17) is 11.6 Å². The molecule has 5 nitrogen and oxygen atoms in total. The first-order chi connectivity index (χ1) is 8.58. The lowest BCUT2D eigenvalue weighted by atomic mass is 10.2. The molecule has 0 atom stereocenters. The summed E-state index contributed by atoms with van der Waals surface area (Å²) in [5.41, 5.74) is -0.414. The second-order valence-corrected chi connectivity index (χ2v) is 3.78. The number of benzene rings is 1. The van der Waals surface area contributed by atoms with Crippen LogP contribution in [0, 0.1) is 5.82 Å². The Hall–Kier alpha value is -2.21. The van der Waals surface area contributed by atoms with Gasteiger partial charge in [0.2, 0.25) is 0 Å². The van der Waals surface area contributed by atoms with Gasteiger partial charge < -0.3 is 10.3 Å². The van der Waals surface area contributed by atoms with Gasteiger partial charge in [0.05, 0.1) is 11.3 Å². The Labute approximate surface area is 106 Å². The number of carbonyl (C=O) groups excluding carboxylic acids is 1. The van der Waals surface area contributed by atoms with Crippen LogP contribution in [-0.4, -0.2) is 15.9 Å². The number of amides is 1. The van der Waals surface area contributed by atoms with Crippen LogP contribution in [0.15, 0.2) is 35.5 Å². The summed E-state index contributed by atoms with van der Waals surface area (Å²) in [6, 6.07) is 3.70. The molecular weight excluding hydrogens is 261 g/mol. The Bertz CT molecular complexity index is 657. The smallest absolute Gasteiger partial charge is 0.263 e. The first-order valence-corrected chi connectivity index (χ1v) is 5.25. The average molecular weight is 268 g/mol. The van der Waals surface area contributed by atoms with E-state index >= 15 is 0 Å². The maximum absolute atomic E-state index is 12.9. The second kappa shape index (κ2) is 4.97. The van der Waals surface area contributed by atoms with Crippen molar-refractivity contribution in [1.29, 1.82) is 0 Å². The summed E-state index contributed by atoms with van der Waals surface area (Å²) >= 11 is 5.57. The second-order valence-electron chi connectivity index (χ2n) is 3.38. The van der Waals surface area contributed by atoms with Crippen molar-refractivity contribution in [3.63, 3.8) is 0 Å². The van der Waals surface area contributed by atoms with E-state index in [0.29, 0.717) is 0 Å². The number of H-pyrrole nitrogens is 1. The molecule has 0 unspecified atom stereocenters. The first kappa shape index (κ1) is 12.3. The van der Waals surface area contributed by atoms with Crippen molar-refractivity contribution < 1.29 is 9.18 Å². The van der Waals surface area contributed by atoms with Crippen molar-refractivity contribution in [3.8, 4) is 0 Å². The minimum absolute atomic E-state index is 0.118. The Balaban J connectivity index is 2.24. The Kier molecular flexibility index (Phi) is 3.38. The van der Waals surface area contributed by atoms with Gasteiger partial charge in [0.15, 0.2) is 0 Å². The van der Waals surface area contributed by atoms with E-state index in [1.54, 1.807) is 0 Å². The monoisotopic (exact) mass is 267 g/mol. The molecule has 0 aliphatic heterocycles. The summed E-state index contributed by atoms with van der Waals surface area (Å²) in [5, 5.41) is 2.30. The molecule has 0 saturated carbocycles. The first-order valence-electron chi connectivity index (χ1n) is 4.87. The third-order valence-electron chi connectivity index (χ3n) is 2.14. The number of nitrogens with one attached hydrogen (secondary N) is 2. The molecular formula is C11H7ClFN3O2. The lowest BCUT2D eigenvalue weighted by Crippen LogP contribution is -2.23. The third kappa shape index (κ3) is 2.54. The quantitative estimate of drug-likeness (QED) is 0.871. The molecule has 0 fully saturated rings. The molecule has 0 aliphatic rings. The van der Waals surface area contributed by atoms with Crippen LogP contribution in [0.5, 0.6) is 0 Å². The van der Waals surface area contributed by atoms with Crippen LogP contribution in [0.25, 0.3) is 0 Å². The normalized spacial score (nSPS) is 10.1. The van der Waals surface area contributed by atoms with Gasteiger partial charge in [0.1, 0.15) is 11.4 Å². The number of hydrogen-bond acceptors (Lipinski definition) is 3. The summed E-state index contributed by atoms with van der Waals surface area (Å²) in [4.78, 5) is 29.0. The van der Waals surface area contributed by atoms with Gasteiger partial charge in [-0.25, -0.2) is 9.37 Å². The fourth-order valence-corrected chi connectivity index (χ4v) is 1.46. The molecule has 18 heavy (non-hydrogen) atoms. The SMILES string of the molecule is O=C(Nc1ccc(F)c(Cl)c1)c1cnc[nH]c1=O. The van der Waals surface area contributed by atoms with Crippen molar-refractivity contribution in [2.75, 3.05) is 5.32 Å². The molecule has 92 valence electrons. The fraction of sp³-hybridized carbons (Fsp3) is 0. The van der Waals surface area contributed by atoms with Crippen LogP contribution >= 0.6 is 11.6 Å². The van der Waals surface area contributed by atoms with Crippen LogP contribution in [0.2, 0.25) is 5.02 Å². The minimum Gasteiger partial charge on any atom is -0.322 e. The highest BCUT2D eigenvalue weighted by atomic mass is 35.5. The summed E-state index contributed by atoms with van der Waals surface area (Å²) in [6.07, 6.45) is 2.31. The van der Waals surface area contributed by atoms with Crippen molar-refractivity contribution in [2.45, 2.75) is 0 Å². The van der Waals surface area contributed by atoms with Crippen molar-refractivity contribution in [2.24, 2.45) is 0 Å². The molecule has 1 amide bonds. The van der Waals surface area contributed by atoms with E-state index in [9.17, 15) is 14.0 Å². The number of anilines is 1. The number of aromatic nitrogens is 2. The molecule has 0 saturated heterocycles. The van der Waals surface area contributed by atoms with E-state index in [0.717, 1.165) is 12.3 Å². The lowest BCUT2D eigenvalue weighted by molar-refractivity contribution is 0.102. The van der Waals surface area contributed by atoms with Gasteiger partial charge >= 0.3 is 0 Å². The number of hydrogen-bond donors (Lipinski definition) is 2. The van der Waals surface area contributed by atoms with Crippen LogP contribution in [-0.2, 0) is 0 Å². The van der Waals surface area contributed by atoms with Crippen LogP contribution in [0.1, 0.15) is 10.4 Å². The molecule has 0 bridgehead atoms. The molecule has 0 aliphatic carbocycles. The van der Waals surface area contributed by atoms with E-state index in [2.05, 4.69) is 15.3 Å². The largest absolute Gasteiger partial charge is 0.322 e. The van der Waals surface area contributed by atoms with Gasteiger partial charge in [-0.15, -0.1) is 0 Å². The van der Waals surface area contributed by atoms with Crippen molar-refractivity contribution in [1.82, 2.24) is 9.97 Å². The van der Waals surface area contributed by atoms with Crippen molar-refractivity contribution >= 4 is 23.2 Å². The lowest BCUT2D eigenvalue weighted by Gasteiger charge is -2.04. The number of halogens is 2. The molecule has 0 spiro atoms. The third-order valence-corrected chi connectivity index (χ3v) is 2.43. The highest BCUT2D eigenvalue weighted by Crippen LogP contribution is 2.19. The van der Waals surface area contributed by atoms with E-state index in [1.165, 1.54) is 18.5 Å². The molecule has 1 aromatic carbocycles. The summed E-state index contributed by atoms with van der Waals surface area (Å²) in [5.74, 6) is -1.24. The van der Waals surface area contributed by atoms with Gasteiger partial charge in [0, 0.05) is 11.9 Å². The molecule has 1 aromatic heterocycles. The average Bonchev–Trinajstić information content (AvgIpc) is 2.34. The van der Waals surface area contributed by atoms with Gasteiger partial charge in [-0.05, 0) is 18.2 Å². The Morgan fingerprint density at radius 3 is 2.89 bits per heavy atom. The van der Waals surface area contributed by atoms with Gasteiger partial charge in [-0.1, -0.05) is 11.6 Å². The predicted molar refractivity (Wildman–Crippen MR) is 64.2 cm³/mol. The fourth-order valence-electron chi connectivity index (χ4n) is 1.28. The molecule has 2 N–H and O–H groups in total. The van der Waals surface area contributed by atoms with E-state index in [1.807, 2.05) is 0 Å². The number of aromatic amines is 1. The van der Waals surface area contributed by atoms with Crippen LogP contribution in [0.3, 0.4) is 0 Å². The Morgan fingerprint density at radius 1 is 1.44 bits per heavy atom. The molecule has 7 heteroatoms. The predicted octanol–water partition coefficient (Wildman–Crippen LogP) is 1.81. The van der Waals surface area contributed by atoms with Crippen LogP contribution < -0.4 is 10.9 Å². The molecule has 2 aromatic rings. The zero-order valence-electron chi connectivity index (χ0n) is 8.91.